The molecule has 1 aromatic heterocycles. The van der Waals surface area contributed by atoms with E-state index in [-0.39, 0.29) is 11.7 Å². The zero-order valence-electron chi connectivity index (χ0n) is 9.88. The molecule has 0 radical (unpaired) electrons. The maximum absolute atomic E-state index is 12.9. The van der Waals surface area contributed by atoms with Gasteiger partial charge in [0.25, 0.3) is 5.91 Å². The van der Waals surface area contributed by atoms with Crippen molar-refractivity contribution >= 4 is 38.9 Å². The number of hydrogen-bond donors (Lipinski definition) is 1. The van der Waals surface area contributed by atoms with Crippen LogP contribution in [-0.2, 0) is 0 Å². The quantitative estimate of drug-likeness (QED) is 0.863. The minimum Gasteiger partial charge on any atom is -0.321 e. The van der Waals surface area contributed by atoms with Gasteiger partial charge in [-0.25, -0.2) is 4.39 Å². The Balaban J connectivity index is 2.21. The lowest BCUT2D eigenvalue weighted by molar-refractivity contribution is 0.103. The van der Waals surface area contributed by atoms with E-state index in [2.05, 4.69) is 21.2 Å². The number of halogens is 2. The van der Waals surface area contributed by atoms with Crippen molar-refractivity contribution in [2.45, 2.75) is 13.8 Å². The molecule has 2 aromatic rings. The van der Waals surface area contributed by atoms with Crippen LogP contribution in [0.4, 0.5) is 10.1 Å². The minimum absolute atomic E-state index is 0.177. The van der Waals surface area contributed by atoms with E-state index in [1.165, 1.54) is 23.5 Å². The highest BCUT2D eigenvalue weighted by Crippen LogP contribution is 2.28. The topological polar surface area (TPSA) is 29.1 Å². The van der Waals surface area contributed by atoms with Crippen molar-refractivity contribution in [3.05, 3.63) is 49.9 Å². The van der Waals surface area contributed by atoms with Crippen LogP contribution in [-0.4, -0.2) is 5.91 Å². The minimum atomic E-state index is -0.305. The van der Waals surface area contributed by atoms with Crippen molar-refractivity contribution < 1.29 is 9.18 Å². The Morgan fingerprint density at radius 3 is 2.56 bits per heavy atom. The van der Waals surface area contributed by atoms with Crippen molar-refractivity contribution in [1.29, 1.82) is 0 Å². The number of carbonyl (C=O) groups excluding carboxylic acids is 1. The molecule has 0 saturated carbocycles. The molecular formula is C13H11BrFNOS. The first-order valence-corrected chi connectivity index (χ1v) is 6.92. The van der Waals surface area contributed by atoms with Crippen molar-refractivity contribution in [2.75, 3.05) is 5.32 Å². The van der Waals surface area contributed by atoms with Gasteiger partial charge in [-0.3, -0.25) is 4.79 Å². The second-order valence-corrected chi connectivity index (χ2v) is 6.35. The summed E-state index contributed by atoms with van der Waals surface area (Å²) in [7, 11) is 0. The predicted molar refractivity (Wildman–Crippen MR) is 75.8 cm³/mol. The molecule has 0 atom stereocenters. The number of carbonyl (C=O) groups is 1. The summed E-state index contributed by atoms with van der Waals surface area (Å²) < 4.78 is 13.9. The summed E-state index contributed by atoms with van der Waals surface area (Å²) in [6.07, 6.45) is 0. The number of benzene rings is 1. The van der Waals surface area contributed by atoms with E-state index in [9.17, 15) is 9.18 Å². The summed E-state index contributed by atoms with van der Waals surface area (Å²) in [6, 6.07) is 6.12. The molecule has 0 fully saturated rings. The van der Waals surface area contributed by atoms with E-state index in [1.807, 2.05) is 13.0 Å². The molecule has 0 aliphatic heterocycles. The van der Waals surface area contributed by atoms with Crippen molar-refractivity contribution in [3.63, 3.8) is 0 Å². The zero-order valence-corrected chi connectivity index (χ0v) is 12.3. The number of hydrogen-bond acceptors (Lipinski definition) is 2. The largest absolute Gasteiger partial charge is 0.321 e. The van der Waals surface area contributed by atoms with Crippen LogP contribution in [0.25, 0.3) is 0 Å². The van der Waals surface area contributed by atoms with Gasteiger partial charge < -0.3 is 5.32 Å². The van der Waals surface area contributed by atoms with Gasteiger partial charge in [0.15, 0.2) is 0 Å². The van der Waals surface area contributed by atoms with Gasteiger partial charge in [-0.1, -0.05) is 0 Å². The fourth-order valence-corrected chi connectivity index (χ4v) is 2.95. The number of thiophene rings is 1. The van der Waals surface area contributed by atoms with E-state index in [0.717, 1.165) is 9.35 Å². The van der Waals surface area contributed by atoms with Gasteiger partial charge in [-0.05, 0) is 65.2 Å². The summed E-state index contributed by atoms with van der Waals surface area (Å²) in [5.41, 5.74) is 2.36. The van der Waals surface area contributed by atoms with Crippen LogP contribution in [0, 0.1) is 19.7 Å². The number of rotatable bonds is 2. The number of anilines is 1. The molecule has 5 heteroatoms. The van der Waals surface area contributed by atoms with Crippen molar-refractivity contribution in [1.82, 2.24) is 0 Å². The fraction of sp³-hybridized carbons (Fsp3) is 0.154. The molecule has 18 heavy (non-hydrogen) atoms. The average molecular weight is 328 g/mol. The molecular weight excluding hydrogens is 317 g/mol. The van der Waals surface area contributed by atoms with Crippen LogP contribution in [0.2, 0.25) is 0 Å². The van der Waals surface area contributed by atoms with Gasteiger partial charge in [0.1, 0.15) is 5.82 Å². The zero-order chi connectivity index (χ0) is 13.3. The SMILES string of the molecule is Cc1cc(F)ccc1NC(=O)c1cc(C)c(Br)s1. The van der Waals surface area contributed by atoms with Gasteiger partial charge in [-0.15, -0.1) is 11.3 Å². The Kier molecular flexibility index (Phi) is 3.82. The maximum Gasteiger partial charge on any atom is 0.265 e. The van der Waals surface area contributed by atoms with Crippen LogP contribution >= 0.6 is 27.3 Å². The van der Waals surface area contributed by atoms with Gasteiger partial charge >= 0.3 is 0 Å². The highest BCUT2D eigenvalue weighted by Gasteiger charge is 2.12. The Morgan fingerprint density at radius 2 is 2.00 bits per heavy atom. The normalized spacial score (nSPS) is 10.4. The Labute approximate surface area is 117 Å². The molecule has 2 nitrogen and oxygen atoms in total. The van der Waals surface area contributed by atoms with E-state index >= 15 is 0 Å². The summed E-state index contributed by atoms with van der Waals surface area (Å²) in [6.45, 7) is 3.69. The first-order chi connectivity index (χ1) is 8.47. The predicted octanol–water partition coefficient (Wildman–Crippen LogP) is 4.52. The summed E-state index contributed by atoms with van der Waals surface area (Å²) in [5.74, 6) is -0.483. The molecule has 0 unspecified atom stereocenters. The number of nitrogens with one attached hydrogen (secondary N) is 1. The van der Waals surface area contributed by atoms with Crippen LogP contribution in [0.15, 0.2) is 28.1 Å². The third-order valence-electron chi connectivity index (χ3n) is 2.52. The molecule has 0 spiro atoms. The average Bonchev–Trinajstić information content (AvgIpc) is 2.63. The molecule has 94 valence electrons. The van der Waals surface area contributed by atoms with Gasteiger partial charge in [-0.2, -0.15) is 0 Å². The second kappa shape index (κ2) is 5.20. The Bertz CT molecular complexity index is 590. The van der Waals surface area contributed by atoms with Crippen molar-refractivity contribution in [2.24, 2.45) is 0 Å². The van der Waals surface area contributed by atoms with Crippen LogP contribution < -0.4 is 5.32 Å². The monoisotopic (exact) mass is 327 g/mol. The lowest BCUT2D eigenvalue weighted by Crippen LogP contribution is -2.11. The van der Waals surface area contributed by atoms with Crippen molar-refractivity contribution in [3.8, 4) is 0 Å². The smallest absolute Gasteiger partial charge is 0.265 e. The van der Waals surface area contributed by atoms with E-state index < -0.39 is 0 Å². The standard InChI is InChI=1S/C13H11BrFNOS/c1-7-5-9(15)3-4-10(7)16-13(17)11-6-8(2)12(14)18-11/h3-6H,1-2H3,(H,16,17). The molecule has 0 aliphatic rings. The molecule has 1 amide bonds. The Morgan fingerprint density at radius 1 is 1.28 bits per heavy atom. The lowest BCUT2D eigenvalue weighted by atomic mass is 10.2. The molecule has 1 heterocycles. The molecule has 0 saturated heterocycles. The highest BCUT2D eigenvalue weighted by molar-refractivity contribution is 9.11. The molecule has 1 N–H and O–H groups in total. The summed E-state index contributed by atoms with van der Waals surface area (Å²) in [4.78, 5) is 12.6. The van der Waals surface area contributed by atoms with Crippen LogP contribution in [0.5, 0.6) is 0 Å². The van der Waals surface area contributed by atoms with E-state index in [0.29, 0.717) is 16.1 Å². The molecule has 2 rings (SSSR count). The maximum atomic E-state index is 12.9. The summed E-state index contributed by atoms with van der Waals surface area (Å²) in [5, 5.41) is 2.78. The highest BCUT2D eigenvalue weighted by atomic mass is 79.9. The third-order valence-corrected chi connectivity index (χ3v) is 4.65. The van der Waals surface area contributed by atoms with Gasteiger partial charge in [0.2, 0.25) is 0 Å². The molecule has 0 bridgehead atoms. The third kappa shape index (κ3) is 2.79. The number of amides is 1. The first kappa shape index (κ1) is 13.2. The number of aryl methyl sites for hydroxylation is 2. The van der Waals surface area contributed by atoms with Gasteiger partial charge in [0, 0.05) is 5.69 Å². The molecule has 0 aliphatic carbocycles. The van der Waals surface area contributed by atoms with E-state index in [4.69, 9.17) is 0 Å². The lowest BCUT2D eigenvalue weighted by Gasteiger charge is -2.06. The molecule has 1 aromatic carbocycles. The van der Waals surface area contributed by atoms with Crippen LogP contribution in [0.1, 0.15) is 20.8 Å². The second-order valence-electron chi connectivity index (χ2n) is 3.98. The Hall–Kier alpha value is -1.20. The van der Waals surface area contributed by atoms with Gasteiger partial charge in [0.05, 0.1) is 8.66 Å². The van der Waals surface area contributed by atoms with E-state index in [1.54, 1.807) is 13.0 Å². The van der Waals surface area contributed by atoms with Crippen LogP contribution in [0.3, 0.4) is 0 Å². The summed E-state index contributed by atoms with van der Waals surface area (Å²) >= 11 is 4.76. The first-order valence-electron chi connectivity index (χ1n) is 5.31. The fourth-order valence-electron chi connectivity index (χ4n) is 1.52.